The van der Waals surface area contributed by atoms with Crippen LogP contribution in [0, 0.1) is 0 Å². The van der Waals surface area contributed by atoms with Crippen LogP contribution in [0.2, 0.25) is 5.02 Å². The Morgan fingerprint density at radius 1 is 1.00 bits per heavy atom. The Labute approximate surface area is 169 Å². The average Bonchev–Trinajstić information content (AvgIpc) is 3.55. The molecule has 1 aliphatic heterocycles. The number of halogens is 1. The molecule has 146 valence electrons. The molecule has 1 aromatic heterocycles. The second-order valence-corrected chi connectivity index (χ2v) is 7.91. The number of carbonyl (C=O) groups is 2. The number of amides is 2. The zero-order chi connectivity index (χ0) is 19.5. The van der Waals surface area contributed by atoms with Crippen LogP contribution in [0.1, 0.15) is 61.9 Å². The summed E-state index contributed by atoms with van der Waals surface area (Å²) in [5, 5.41) is 3.31. The summed E-state index contributed by atoms with van der Waals surface area (Å²) in [6, 6.07) is 7.39. The summed E-state index contributed by atoms with van der Waals surface area (Å²) in [4.78, 5) is 35.8. The van der Waals surface area contributed by atoms with Crippen molar-refractivity contribution in [1.29, 1.82) is 0 Å². The lowest BCUT2D eigenvalue weighted by Gasteiger charge is -2.30. The van der Waals surface area contributed by atoms with Gasteiger partial charge in [-0.1, -0.05) is 36.6 Å². The third kappa shape index (κ3) is 4.33. The highest BCUT2D eigenvalue weighted by Gasteiger charge is 2.31. The van der Waals surface area contributed by atoms with Gasteiger partial charge in [0.05, 0.1) is 24.1 Å². The summed E-state index contributed by atoms with van der Waals surface area (Å²) in [6.07, 6.45) is 9.18. The quantitative estimate of drug-likeness (QED) is 0.790. The Bertz CT molecular complexity index is 850. The largest absolute Gasteiger partial charge is 0.327 e. The lowest BCUT2D eigenvalue weighted by molar-refractivity contribution is -0.144. The minimum atomic E-state index is -0.649. The van der Waals surface area contributed by atoms with E-state index in [1.54, 1.807) is 17.3 Å². The number of hydrogen-bond donors (Lipinski definition) is 1. The van der Waals surface area contributed by atoms with E-state index in [2.05, 4.69) is 15.3 Å². The van der Waals surface area contributed by atoms with Crippen LogP contribution in [0.3, 0.4) is 0 Å². The van der Waals surface area contributed by atoms with Crippen LogP contribution in [0.4, 0.5) is 5.69 Å². The number of rotatable bonds is 3. The predicted molar refractivity (Wildman–Crippen MR) is 107 cm³/mol. The molecule has 0 unspecified atom stereocenters. The van der Waals surface area contributed by atoms with Crippen LogP contribution in [-0.2, 0) is 9.59 Å². The number of benzene rings is 1. The zero-order valence-corrected chi connectivity index (χ0v) is 16.4. The second kappa shape index (κ2) is 8.27. The van der Waals surface area contributed by atoms with Gasteiger partial charge >= 0.3 is 11.8 Å². The molecule has 1 atom stereocenters. The molecule has 2 heterocycles. The van der Waals surface area contributed by atoms with Crippen LogP contribution in [0.15, 0.2) is 36.7 Å². The third-order valence-electron chi connectivity index (χ3n) is 5.33. The molecule has 0 spiro atoms. The van der Waals surface area contributed by atoms with Crippen molar-refractivity contribution >= 4 is 29.1 Å². The molecule has 7 heteroatoms. The summed E-state index contributed by atoms with van der Waals surface area (Å²) < 4.78 is 0. The van der Waals surface area contributed by atoms with Crippen LogP contribution in [-0.4, -0.2) is 33.2 Å². The van der Waals surface area contributed by atoms with Gasteiger partial charge < -0.3 is 10.2 Å². The standard InChI is InChI=1S/C21H23ClN4O2/c22-16-9-7-14(8-10-16)18-4-2-1-3-11-26(18)21(28)20(27)25-17-12-23-19(24-13-17)15-5-6-15/h7-10,12-13,15,18H,1-6,11H2,(H,25,27)/t18-/m0/s1. The van der Waals surface area contributed by atoms with E-state index in [0.717, 1.165) is 49.9 Å². The fourth-order valence-corrected chi connectivity index (χ4v) is 3.78. The smallest absolute Gasteiger partial charge is 0.314 e. The van der Waals surface area contributed by atoms with Gasteiger partial charge in [-0.05, 0) is 43.4 Å². The number of aromatic nitrogens is 2. The minimum absolute atomic E-state index is 0.119. The molecule has 2 amide bonds. The summed E-state index contributed by atoms with van der Waals surface area (Å²) in [5.41, 5.74) is 1.45. The van der Waals surface area contributed by atoms with Crippen molar-refractivity contribution in [3.8, 4) is 0 Å². The van der Waals surface area contributed by atoms with E-state index >= 15 is 0 Å². The van der Waals surface area contributed by atoms with Crippen molar-refractivity contribution in [2.24, 2.45) is 0 Å². The third-order valence-corrected chi connectivity index (χ3v) is 5.59. The number of carbonyl (C=O) groups excluding carboxylic acids is 2. The normalized spacial score (nSPS) is 19.8. The maximum absolute atomic E-state index is 12.9. The van der Waals surface area contributed by atoms with Gasteiger partial charge in [0.25, 0.3) is 0 Å². The van der Waals surface area contributed by atoms with Gasteiger partial charge in [0.1, 0.15) is 5.82 Å². The molecule has 2 aromatic rings. The number of anilines is 1. The van der Waals surface area contributed by atoms with E-state index < -0.39 is 11.8 Å². The van der Waals surface area contributed by atoms with Gasteiger partial charge in [-0.3, -0.25) is 9.59 Å². The molecule has 6 nitrogen and oxygen atoms in total. The topological polar surface area (TPSA) is 75.2 Å². The van der Waals surface area contributed by atoms with Crippen LogP contribution >= 0.6 is 11.6 Å². The van der Waals surface area contributed by atoms with E-state index in [1.807, 2.05) is 24.3 Å². The maximum atomic E-state index is 12.9. The van der Waals surface area contributed by atoms with Gasteiger partial charge in [0.15, 0.2) is 0 Å². The SMILES string of the molecule is O=C(Nc1cnc(C2CC2)nc1)C(=O)N1CCCCC[C@H]1c1ccc(Cl)cc1. The van der Waals surface area contributed by atoms with E-state index in [-0.39, 0.29) is 6.04 Å². The van der Waals surface area contributed by atoms with Crippen LogP contribution < -0.4 is 5.32 Å². The molecule has 1 saturated heterocycles. The molecule has 1 aromatic carbocycles. The number of nitrogens with one attached hydrogen (secondary N) is 1. The fourth-order valence-electron chi connectivity index (χ4n) is 3.65. The van der Waals surface area contributed by atoms with Gasteiger partial charge in [-0.25, -0.2) is 9.97 Å². The van der Waals surface area contributed by atoms with Crippen LogP contribution in [0.25, 0.3) is 0 Å². The highest BCUT2D eigenvalue weighted by molar-refractivity contribution is 6.39. The molecular weight excluding hydrogens is 376 g/mol. The van der Waals surface area contributed by atoms with Crippen LogP contribution in [0.5, 0.6) is 0 Å². The molecule has 0 bridgehead atoms. The second-order valence-electron chi connectivity index (χ2n) is 7.47. The molecule has 2 fully saturated rings. The monoisotopic (exact) mass is 398 g/mol. The number of likely N-dealkylation sites (tertiary alicyclic amines) is 1. The van der Waals surface area contributed by atoms with Gasteiger partial charge in [-0.2, -0.15) is 0 Å². The summed E-state index contributed by atoms with van der Waals surface area (Å²) in [7, 11) is 0. The zero-order valence-electron chi connectivity index (χ0n) is 15.6. The first-order valence-electron chi connectivity index (χ1n) is 9.81. The Kier molecular flexibility index (Phi) is 5.57. The first-order valence-corrected chi connectivity index (χ1v) is 10.2. The van der Waals surface area contributed by atoms with Crippen molar-refractivity contribution in [3.05, 3.63) is 53.1 Å². The van der Waals surface area contributed by atoms with Crippen molar-refractivity contribution in [1.82, 2.24) is 14.9 Å². The molecule has 2 aliphatic rings. The summed E-state index contributed by atoms with van der Waals surface area (Å²) >= 11 is 6.00. The molecule has 4 rings (SSSR count). The lowest BCUT2D eigenvalue weighted by Crippen LogP contribution is -2.42. The first kappa shape index (κ1) is 18.9. The first-order chi connectivity index (χ1) is 13.6. The van der Waals surface area contributed by atoms with Gasteiger partial charge in [0.2, 0.25) is 0 Å². The molecule has 28 heavy (non-hydrogen) atoms. The minimum Gasteiger partial charge on any atom is -0.327 e. The Morgan fingerprint density at radius 3 is 2.39 bits per heavy atom. The maximum Gasteiger partial charge on any atom is 0.314 e. The molecular formula is C21H23ClN4O2. The molecule has 0 radical (unpaired) electrons. The predicted octanol–water partition coefficient (Wildman–Crippen LogP) is 4.09. The van der Waals surface area contributed by atoms with Crippen molar-refractivity contribution in [2.75, 3.05) is 11.9 Å². The number of nitrogens with zero attached hydrogens (tertiary/aromatic N) is 3. The highest BCUT2D eigenvalue weighted by Crippen LogP contribution is 2.37. The Morgan fingerprint density at radius 2 is 1.71 bits per heavy atom. The fraction of sp³-hybridized carbons (Fsp3) is 0.429. The van der Waals surface area contributed by atoms with Gasteiger partial charge in [-0.15, -0.1) is 0 Å². The van der Waals surface area contributed by atoms with E-state index in [9.17, 15) is 9.59 Å². The van der Waals surface area contributed by atoms with Gasteiger partial charge in [0, 0.05) is 17.5 Å². The highest BCUT2D eigenvalue weighted by atomic mass is 35.5. The van der Waals surface area contributed by atoms with Crippen molar-refractivity contribution < 1.29 is 9.59 Å². The van der Waals surface area contributed by atoms with E-state index in [0.29, 0.717) is 23.2 Å². The van der Waals surface area contributed by atoms with Crippen molar-refractivity contribution in [3.63, 3.8) is 0 Å². The molecule has 1 N–H and O–H groups in total. The Hall–Kier alpha value is -2.47. The van der Waals surface area contributed by atoms with Crippen molar-refractivity contribution in [2.45, 2.75) is 50.5 Å². The van der Waals surface area contributed by atoms with E-state index in [4.69, 9.17) is 11.6 Å². The van der Waals surface area contributed by atoms with E-state index in [1.165, 1.54) is 0 Å². The molecule has 1 aliphatic carbocycles. The average molecular weight is 399 g/mol. The summed E-state index contributed by atoms with van der Waals surface area (Å²) in [6.45, 7) is 0.566. The lowest BCUT2D eigenvalue weighted by atomic mass is 10.0. The molecule has 1 saturated carbocycles. The number of hydrogen-bond acceptors (Lipinski definition) is 4. The Balaban J connectivity index is 1.48. The summed E-state index contributed by atoms with van der Waals surface area (Å²) in [5.74, 6) is 0.0834.